The third kappa shape index (κ3) is 4.96. The van der Waals surface area contributed by atoms with E-state index in [4.69, 9.17) is 0 Å². The van der Waals surface area contributed by atoms with Gasteiger partial charge in [0, 0.05) is 17.5 Å². The molecule has 0 bridgehead atoms. The maximum absolute atomic E-state index is 13.0. The second-order valence-corrected chi connectivity index (χ2v) is 7.20. The molecule has 0 spiro atoms. The van der Waals surface area contributed by atoms with Gasteiger partial charge in [-0.05, 0) is 37.9 Å². The Hall–Kier alpha value is -2.54. The third-order valence-electron chi connectivity index (χ3n) is 3.34. The van der Waals surface area contributed by atoms with Crippen LogP contribution >= 0.6 is 11.5 Å². The summed E-state index contributed by atoms with van der Waals surface area (Å²) in [7, 11) is 0. The molecule has 1 heterocycles. The molecule has 0 saturated carbocycles. The van der Waals surface area contributed by atoms with Gasteiger partial charge in [0.1, 0.15) is 6.04 Å². The molecular formula is C18H22N4O2S. The van der Waals surface area contributed by atoms with Crippen LogP contribution in [0.25, 0.3) is 0 Å². The van der Waals surface area contributed by atoms with Crippen LogP contribution in [-0.4, -0.2) is 38.4 Å². The molecule has 0 fully saturated rings. The summed E-state index contributed by atoms with van der Waals surface area (Å²) in [6, 6.07) is 8.42. The maximum Gasteiger partial charge on any atom is 0.276 e. The van der Waals surface area contributed by atoms with E-state index < -0.39 is 11.6 Å². The Bertz CT molecular complexity index is 723. The lowest BCUT2D eigenvalue weighted by Crippen LogP contribution is -2.49. The van der Waals surface area contributed by atoms with Crippen molar-refractivity contribution in [2.45, 2.75) is 32.4 Å². The lowest BCUT2D eigenvalue weighted by Gasteiger charge is -2.32. The molecule has 0 aliphatic heterocycles. The van der Waals surface area contributed by atoms with Crippen molar-refractivity contribution in [2.24, 2.45) is 0 Å². The fourth-order valence-electron chi connectivity index (χ4n) is 2.40. The number of aromatic nitrogens is 2. The zero-order chi connectivity index (χ0) is 18.4. The van der Waals surface area contributed by atoms with Crippen molar-refractivity contribution in [1.29, 1.82) is 0 Å². The molecule has 25 heavy (non-hydrogen) atoms. The van der Waals surface area contributed by atoms with E-state index in [0.717, 1.165) is 17.1 Å². The van der Waals surface area contributed by atoms with Crippen LogP contribution in [0.3, 0.4) is 0 Å². The van der Waals surface area contributed by atoms with Crippen molar-refractivity contribution in [3.05, 3.63) is 59.6 Å². The van der Waals surface area contributed by atoms with Gasteiger partial charge >= 0.3 is 0 Å². The summed E-state index contributed by atoms with van der Waals surface area (Å²) in [6.07, 6.45) is 1.60. The first-order valence-corrected chi connectivity index (χ1v) is 8.73. The number of carbonyl (C=O) groups excluding carboxylic acids is 2. The first-order chi connectivity index (χ1) is 11.8. The smallest absolute Gasteiger partial charge is 0.276 e. The molecule has 0 aliphatic carbocycles. The minimum Gasteiger partial charge on any atom is -0.349 e. The monoisotopic (exact) mass is 358 g/mol. The van der Waals surface area contributed by atoms with E-state index in [1.54, 1.807) is 11.5 Å². The summed E-state index contributed by atoms with van der Waals surface area (Å²) in [6.45, 7) is 9.63. The van der Waals surface area contributed by atoms with Gasteiger partial charge in [0.2, 0.25) is 5.91 Å². The lowest BCUT2D eigenvalue weighted by atomic mass is 10.0. The van der Waals surface area contributed by atoms with Crippen LogP contribution in [0.4, 0.5) is 0 Å². The van der Waals surface area contributed by atoms with Gasteiger partial charge in [0.25, 0.3) is 5.91 Å². The summed E-state index contributed by atoms with van der Waals surface area (Å²) in [5.74, 6) is -0.608. The number of amides is 2. The molecule has 1 N–H and O–H groups in total. The molecule has 1 aromatic heterocycles. The molecule has 7 heteroatoms. The molecule has 1 aromatic carbocycles. The molecule has 2 aromatic rings. The topological polar surface area (TPSA) is 75.2 Å². The molecule has 0 radical (unpaired) electrons. The number of hydrogen-bond donors (Lipinski definition) is 1. The summed E-state index contributed by atoms with van der Waals surface area (Å²) in [5.41, 5.74) is 0.522. The number of nitrogens with one attached hydrogen (secondary N) is 1. The van der Waals surface area contributed by atoms with E-state index in [-0.39, 0.29) is 24.1 Å². The SMILES string of the molecule is C=CCN(C(=O)c1csnn1)C(C(=O)NC(C)(C)C)c1ccccc1. The normalized spacial score (nSPS) is 12.3. The van der Waals surface area contributed by atoms with Gasteiger partial charge in [-0.2, -0.15) is 0 Å². The highest BCUT2D eigenvalue weighted by Crippen LogP contribution is 2.24. The summed E-state index contributed by atoms with van der Waals surface area (Å²) >= 11 is 1.09. The molecule has 6 nitrogen and oxygen atoms in total. The average molecular weight is 358 g/mol. The minimum atomic E-state index is -0.785. The van der Waals surface area contributed by atoms with Gasteiger partial charge < -0.3 is 10.2 Å². The van der Waals surface area contributed by atoms with Gasteiger partial charge in [-0.3, -0.25) is 9.59 Å². The molecule has 2 rings (SSSR count). The molecule has 1 unspecified atom stereocenters. The summed E-state index contributed by atoms with van der Waals surface area (Å²) in [4.78, 5) is 27.3. The van der Waals surface area contributed by atoms with E-state index in [1.807, 2.05) is 51.1 Å². The largest absolute Gasteiger partial charge is 0.349 e. The van der Waals surface area contributed by atoms with Crippen LogP contribution in [-0.2, 0) is 4.79 Å². The first kappa shape index (κ1) is 18.8. The highest BCUT2D eigenvalue weighted by Gasteiger charge is 2.33. The van der Waals surface area contributed by atoms with Crippen LogP contribution in [0.2, 0.25) is 0 Å². The van der Waals surface area contributed by atoms with Crippen LogP contribution in [0.5, 0.6) is 0 Å². The Kier molecular flexibility index (Phi) is 6.03. The van der Waals surface area contributed by atoms with Crippen LogP contribution in [0.1, 0.15) is 42.9 Å². The predicted molar refractivity (Wildman–Crippen MR) is 98.2 cm³/mol. The highest BCUT2D eigenvalue weighted by molar-refractivity contribution is 7.03. The van der Waals surface area contributed by atoms with Gasteiger partial charge in [0.15, 0.2) is 5.69 Å². The lowest BCUT2D eigenvalue weighted by molar-refractivity contribution is -0.127. The van der Waals surface area contributed by atoms with Crippen LogP contribution < -0.4 is 5.32 Å². The zero-order valence-corrected chi connectivity index (χ0v) is 15.4. The van der Waals surface area contributed by atoms with Gasteiger partial charge in [-0.25, -0.2) is 0 Å². The number of rotatable bonds is 6. The Morgan fingerprint density at radius 1 is 1.32 bits per heavy atom. The van der Waals surface area contributed by atoms with Crippen molar-refractivity contribution in [2.75, 3.05) is 6.54 Å². The average Bonchev–Trinajstić information content (AvgIpc) is 3.07. The second-order valence-electron chi connectivity index (χ2n) is 6.59. The number of hydrogen-bond acceptors (Lipinski definition) is 5. The Morgan fingerprint density at radius 2 is 2.00 bits per heavy atom. The van der Waals surface area contributed by atoms with Gasteiger partial charge in [-0.15, -0.1) is 11.7 Å². The fraction of sp³-hybridized carbons (Fsp3) is 0.333. The van der Waals surface area contributed by atoms with E-state index in [9.17, 15) is 9.59 Å². The van der Waals surface area contributed by atoms with Crippen molar-refractivity contribution >= 4 is 23.3 Å². The quantitative estimate of drug-likeness (QED) is 0.806. The Balaban J connectivity index is 2.45. The molecule has 132 valence electrons. The van der Waals surface area contributed by atoms with Crippen molar-refractivity contribution in [3.8, 4) is 0 Å². The molecule has 0 saturated heterocycles. The molecular weight excluding hydrogens is 336 g/mol. The predicted octanol–water partition coefficient (Wildman–Crippen LogP) is 2.82. The number of benzene rings is 1. The van der Waals surface area contributed by atoms with E-state index in [0.29, 0.717) is 0 Å². The third-order valence-corrected chi connectivity index (χ3v) is 3.84. The Morgan fingerprint density at radius 3 is 2.52 bits per heavy atom. The zero-order valence-electron chi connectivity index (χ0n) is 14.6. The number of nitrogens with zero attached hydrogens (tertiary/aromatic N) is 3. The highest BCUT2D eigenvalue weighted by atomic mass is 32.1. The Labute approximate surface area is 151 Å². The van der Waals surface area contributed by atoms with Gasteiger partial charge in [0.05, 0.1) is 0 Å². The second kappa shape index (κ2) is 8.02. The van der Waals surface area contributed by atoms with Crippen LogP contribution in [0, 0.1) is 0 Å². The summed E-state index contributed by atoms with van der Waals surface area (Å²) < 4.78 is 3.74. The minimum absolute atomic E-state index is 0.216. The molecule has 2 amide bonds. The van der Waals surface area contributed by atoms with Crippen molar-refractivity contribution in [3.63, 3.8) is 0 Å². The molecule has 1 atom stereocenters. The van der Waals surface area contributed by atoms with E-state index >= 15 is 0 Å². The van der Waals surface area contributed by atoms with Gasteiger partial charge in [-0.1, -0.05) is 40.9 Å². The van der Waals surface area contributed by atoms with Crippen molar-refractivity contribution in [1.82, 2.24) is 19.8 Å². The van der Waals surface area contributed by atoms with E-state index in [1.165, 1.54) is 4.90 Å². The standard InChI is InChI=1S/C18H22N4O2S/c1-5-11-22(17(24)14-12-25-21-20-14)15(13-9-7-6-8-10-13)16(23)19-18(2,3)4/h5-10,12,15H,1,11H2,2-4H3,(H,19,23). The van der Waals surface area contributed by atoms with Crippen molar-refractivity contribution < 1.29 is 9.59 Å². The number of carbonyl (C=O) groups is 2. The molecule has 0 aliphatic rings. The summed E-state index contributed by atoms with van der Waals surface area (Å²) in [5, 5.41) is 8.37. The maximum atomic E-state index is 13.0. The van der Waals surface area contributed by atoms with Crippen LogP contribution in [0.15, 0.2) is 48.4 Å². The van der Waals surface area contributed by atoms with E-state index in [2.05, 4.69) is 21.5 Å². The fourth-order valence-corrected chi connectivity index (χ4v) is 2.83. The first-order valence-electron chi connectivity index (χ1n) is 7.89.